The van der Waals surface area contributed by atoms with Crippen LogP contribution in [-0.2, 0) is 0 Å². The molecule has 0 amide bonds. The summed E-state index contributed by atoms with van der Waals surface area (Å²) in [6.45, 7) is 0. The van der Waals surface area contributed by atoms with Crippen LogP contribution in [0.25, 0.3) is 89.4 Å². The van der Waals surface area contributed by atoms with E-state index in [0.29, 0.717) is 17.2 Å². The Morgan fingerprint density at radius 2 is 0.788 bits per heavy atom. The lowest BCUT2D eigenvalue weighted by molar-refractivity contribution is 1.23. The summed E-state index contributed by atoms with van der Waals surface area (Å²) in [5.74, 6) is 1.29. The van der Waals surface area contributed by atoms with E-state index in [1.165, 1.54) is 0 Å². The molecule has 0 unspecified atom stereocenters. The van der Waals surface area contributed by atoms with Gasteiger partial charge in [-0.1, -0.05) is 140 Å². The number of hydrogen-bond acceptors (Lipinski definition) is 5. The summed E-state index contributed by atoms with van der Waals surface area (Å²) in [5, 5.41) is 12.0. The van der Waals surface area contributed by atoms with Crippen molar-refractivity contribution in [3.8, 4) is 73.6 Å². The van der Waals surface area contributed by atoms with E-state index < -0.39 is 0 Å². The second-order valence-corrected chi connectivity index (χ2v) is 12.6. The molecule has 9 aromatic rings. The Bertz CT molecular complexity index is 2800. The Kier molecular flexibility index (Phi) is 7.81. The molecule has 0 spiro atoms. The van der Waals surface area contributed by atoms with Gasteiger partial charge >= 0.3 is 0 Å². The van der Waals surface area contributed by atoms with Gasteiger partial charge in [-0.3, -0.25) is 0 Å². The maximum absolute atomic E-state index is 9.96. The number of para-hydroxylation sites is 2. The minimum Gasteiger partial charge on any atom is -0.228 e. The van der Waals surface area contributed by atoms with Crippen LogP contribution >= 0.6 is 0 Å². The second kappa shape index (κ2) is 13.2. The van der Waals surface area contributed by atoms with Gasteiger partial charge in [-0.15, -0.1) is 0 Å². The van der Waals surface area contributed by atoms with Crippen LogP contribution in [0.1, 0.15) is 5.56 Å². The lowest BCUT2D eigenvalue weighted by Gasteiger charge is -2.14. The van der Waals surface area contributed by atoms with Crippen molar-refractivity contribution in [1.82, 2.24) is 19.9 Å². The van der Waals surface area contributed by atoms with Crippen LogP contribution in [0.4, 0.5) is 0 Å². The Morgan fingerprint density at radius 1 is 0.346 bits per heavy atom. The van der Waals surface area contributed by atoms with Gasteiger partial charge in [0.25, 0.3) is 0 Å². The summed E-state index contributed by atoms with van der Waals surface area (Å²) < 4.78 is 0. The number of aromatic nitrogens is 4. The highest BCUT2D eigenvalue weighted by molar-refractivity contribution is 5.95. The fraction of sp³-hybridized carbons (Fsp3) is 0. The number of nitrogens with zero attached hydrogens (tertiary/aromatic N) is 5. The largest absolute Gasteiger partial charge is 0.228 e. The number of hydrogen-bond donors (Lipinski definition) is 0. The molecule has 5 nitrogen and oxygen atoms in total. The molecule has 7 aromatic carbocycles. The quantitative estimate of drug-likeness (QED) is 0.177. The molecule has 0 aliphatic heterocycles. The van der Waals surface area contributed by atoms with Crippen molar-refractivity contribution < 1.29 is 0 Å². The Balaban J connectivity index is 1.16. The molecule has 242 valence electrons. The van der Waals surface area contributed by atoms with Gasteiger partial charge < -0.3 is 0 Å². The Labute approximate surface area is 301 Å². The molecule has 0 aliphatic rings. The zero-order chi connectivity index (χ0) is 34.9. The first kappa shape index (κ1) is 30.7. The summed E-state index contributed by atoms with van der Waals surface area (Å²) >= 11 is 0. The van der Waals surface area contributed by atoms with Gasteiger partial charge in [0.15, 0.2) is 11.6 Å². The molecule has 0 saturated carbocycles. The van der Waals surface area contributed by atoms with Crippen molar-refractivity contribution in [1.29, 1.82) is 5.26 Å². The molecule has 0 bridgehead atoms. The van der Waals surface area contributed by atoms with Gasteiger partial charge in [0.2, 0.25) is 0 Å². The van der Waals surface area contributed by atoms with E-state index in [9.17, 15) is 5.26 Å². The molecule has 0 aliphatic carbocycles. The van der Waals surface area contributed by atoms with Crippen molar-refractivity contribution in [3.05, 3.63) is 181 Å². The van der Waals surface area contributed by atoms with E-state index in [1.54, 1.807) is 0 Å². The molecule has 2 aromatic heterocycles. The normalized spacial score (nSPS) is 11.1. The molecular weight excluding hydrogens is 635 g/mol. The smallest absolute Gasteiger partial charge is 0.160 e. The van der Waals surface area contributed by atoms with Crippen molar-refractivity contribution >= 4 is 21.8 Å². The van der Waals surface area contributed by atoms with Crippen molar-refractivity contribution in [2.24, 2.45) is 0 Å². The maximum atomic E-state index is 9.96. The van der Waals surface area contributed by atoms with Crippen molar-refractivity contribution in [2.75, 3.05) is 0 Å². The first-order chi connectivity index (χ1) is 25.7. The van der Waals surface area contributed by atoms with Crippen molar-refractivity contribution in [3.63, 3.8) is 0 Å². The van der Waals surface area contributed by atoms with E-state index in [4.69, 9.17) is 19.9 Å². The molecule has 0 N–H and O–H groups in total. The predicted molar refractivity (Wildman–Crippen MR) is 210 cm³/mol. The van der Waals surface area contributed by atoms with Crippen LogP contribution < -0.4 is 0 Å². The lowest BCUT2D eigenvalue weighted by Crippen LogP contribution is -1.96. The third kappa shape index (κ3) is 5.75. The van der Waals surface area contributed by atoms with Crippen LogP contribution in [0, 0.1) is 11.3 Å². The molecular formula is C47H29N5. The van der Waals surface area contributed by atoms with E-state index in [0.717, 1.165) is 77.7 Å². The molecule has 5 heteroatoms. The van der Waals surface area contributed by atoms with Crippen LogP contribution in [0.2, 0.25) is 0 Å². The molecule has 52 heavy (non-hydrogen) atoms. The minimum absolute atomic E-state index is 0.582. The fourth-order valence-electron chi connectivity index (χ4n) is 6.80. The topological polar surface area (TPSA) is 75.3 Å². The highest BCUT2D eigenvalue weighted by Gasteiger charge is 2.16. The first-order valence-corrected chi connectivity index (χ1v) is 17.1. The molecule has 0 fully saturated rings. The summed E-state index contributed by atoms with van der Waals surface area (Å²) in [5.41, 5.74) is 11.9. The summed E-state index contributed by atoms with van der Waals surface area (Å²) in [6, 6.07) is 61.5. The van der Waals surface area contributed by atoms with E-state index in [-0.39, 0.29) is 0 Å². The standard InChI is InChI=1S/C47H29N5/c48-30-31-25-26-38(34-17-11-19-36(28-34)46-49-42-23-9-7-21-39(42)44(51-46)32-13-3-1-4-14-32)41(27-31)35-18-12-20-37(29-35)47-50-43-24-10-8-22-40(43)45(52-47)33-15-5-2-6-16-33/h1-29H. The van der Waals surface area contributed by atoms with E-state index >= 15 is 0 Å². The SMILES string of the molecule is N#Cc1ccc(-c2cccc(-c3nc(-c4ccccc4)c4ccccc4n3)c2)c(-c2cccc(-c3nc(-c4ccccc4)c4ccccc4n3)c2)c1. The molecule has 0 atom stereocenters. The van der Waals surface area contributed by atoms with Gasteiger partial charge in [-0.25, -0.2) is 19.9 Å². The molecule has 0 radical (unpaired) electrons. The van der Waals surface area contributed by atoms with Crippen LogP contribution in [0.5, 0.6) is 0 Å². The van der Waals surface area contributed by atoms with Gasteiger partial charge in [-0.05, 0) is 58.7 Å². The Morgan fingerprint density at radius 3 is 1.31 bits per heavy atom. The van der Waals surface area contributed by atoms with Gasteiger partial charge in [0, 0.05) is 33.0 Å². The predicted octanol–water partition coefficient (Wildman–Crippen LogP) is 11.4. The van der Waals surface area contributed by atoms with Crippen LogP contribution in [0.15, 0.2) is 176 Å². The first-order valence-electron chi connectivity index (χ1n) is 17.1. The third-order valence-corrected chi connectivity index (χ3v) is 9.31. The van der Waals surface area contributed by atoms with E-state index in [1.807, 2.05) is 115 Å². The average Bonchev–Trinajstić information content (AvgIpc) is 3.23. The molecule has 2 heterocycles. The zero-order valence-electron chi connectivity index (χ0n) is 28.0. The lowest BCUT2D eigenvalue weighted by atomic mass is 9.91. The van der Waals surface area contributed by atoms with Gasteiger partial charge in [-0.2, -0.15) is 5.26 Å². The highest BCUT2D eigenvalue weighted by atomic mass is 14.9. The summed E-state index contributed by atoms with van der Waals surface area (Å²) in [7, 11) is 0. The minimum atomic E-state index is 0.582. The van der Waals surface area contributed by atoms with Crippen LogP contribution in [-0.4, -0.2) is 19.9 Å². The Hall–Kier alpha value is -7.29. The van der Waals surface area contributed by atoms with Crippen LogP contribution in [0.3, 0.4) is 0 Å². The molecule has 0 saturated heterocycles. The average molecular weight is 664 g/mol. The fourth-order valence-corrected chi connectivity index (χ4v) is 6.80. The maximum Gasteiger partial charge on any atom is 0.160 e. The van der Waals surface area contributed by atoms with Gasteiger partial charge in [0.05, 0.1) is 34.1 Å². The van der Waals surface area contributed by atoms with E-state index in [2.05, 4.69) is 66.7 Å². The summed E-state index contributed by atoms with van der Waals surface area (Å²) in [4.78, 5) is 20.2. The monoisotopic (exact) mass is 663 g/mol. The zero-order valence-corrected chi connectivity index (χ0v) is 28.0. The number of rotatable bonds is 6. The highest BCUT2D eigenvalue weighted by Crippen LogP contribution is 2.37. The molecule has 9 rings (SSSR count). The number of benzene rings is 7. The number of fused-ring (bicyclic) bond motifs is 2. The number of nitriles is 1. The van der Waals surface area contributed by atoms with Crippen molar-refractivity contribution in [2.45, 2.75) is 0 Å². The van der Waals surface area contributed by atoms with Gasteiger partial charge in [0.1, 0.15) is 0 Å². The summed E-state index contributed by atoms with van der Waals surface area (Å²) in [6.07, 6.45) is 0. The second-order valence-electron chi connectivity index (χ2n) is 12.6. The third-order valence-electron chi connectivity index (χ3n) is 9.31.